The highest BCUT2D eigenvalue weighted by atomic mass is 16.1. The molecule has 0 heterocycles. The monoisotopic (exact) mass is 308 g/mol. The SMILES string of the molecule is CC(C)Cc1ccc([C@H](C)C(=O)CC(=O)c2ccccc2)cc1. The van der Waals surface area contributed by atoms with Crippen LogP contribution in [-0.2, 0) is 11.2 Å². The van der Waals surface area contributed by atoms with E-state index in [1.54, 1.807) is 12.1 Å². The van der Waals surface area contributed by atoms with E-state index in [4.69, 9.17) is 0 Å². The molecule has 2 aromatic carbocycles. The molecule has 2 rings (SSSR count). The molecule has 0 aromatic heterocycles. The molecule has 1 atom stereocenters. The lowest BCUT2D eigenvalue weighted by molar-refractivity contribution is -0.119. The maximum atomic E-state index is 12.4. The first kappa shape index (κ1) is 17.1. The predicted octanol–water partition coefficient (Wildman–Crippen LogP) is 4.83. The van der Waals surface area contributed by atoms with Crippen molar-refractivity contribution in [3.63, 3.8) is 0 Å². The summed E-state index contributed by atoms with van der Waals surface area (Å²) in [6.07, 6.45) is 0.994. The van der Waals surface area contributed by atoms with Gasteiger partial charge in [-0.3, -0.25) is 9.59 Å². The fourth-order valence-electron chi connectivity index (χ4n) is 2.64. The minimum absolute atomic E-state index is 0.0320. The maximum Gasteiger partial charge on any atom is 0.170 e. The summed E-state index contributed by atoms with van der Waals surface area (Å²) in [5, 5.41) is 0. The number of rotatable bonds is 7. The molecule has 0 aliphatic heterocycles. The van der Waals surface area contributed by atoms with Crippen molar-refractivity contribution in [2.24, 2.45) is 5.92 Å². The van der Waals surface area contributed by atoms with E-state index in [-0.39, 0.29) is 23.9 Å². The zero-order valence-electron chi connectivity index (χ0n) is 14.1. The Morgan fingerprint density at radius 3 is 2.04 bits per heavy atom. The molecule has 23 heavy (non-hydrogen) atoms. The second kappa shape index (κ2) is 7.87. The highest BCUT2D eigenvalue weighted by molar-refractivity contribution is 6.09. The first-order chi connectivity index (χ1) is 11.0. The van der Waals surface area contributed by atoms with Gasteiger partial charge in [0.05, 0.1) is 6.42 Å². The summed E-state index contributed by atoms with van der Waals surface area (Å²) in [6, 6.07) is 17.2. The Kier molecular flexibility index (Phi) is 5.86. The highest BCUT2D eigenvalue weighted by Crippen LogP contribution is 2.20. The van der Waals surface area contributed by atoms with Crippen LogP contribution < -0.4 is 0 Å². The van der Waals surface area contributed by atoms with E-state index < -0.39 is 0 Å². The predicted molar refractivity (Wildman–Crippen MR) is 93.8 cm³/mol. The lowest BCUT2D eigenvalue weighted by Crippen LogP contribution is -2.14. The molecule has 2 nitrogen and oxygen atoms in total. The fourth-order valence-corrected chi connectivity index (χ4v) is 2.64. The van der Waals surface area contributed by atoms with Crippen molar-refractivity contribution < 1.29 is 9.59 Å². The van der Waals surface area contributed by atoms with Crippen molar-refractivity contribution in [1.29, 1.82) is 0 Å². The second-order valence-corrected chi connectivity index (χ2v) is 6.49. The summed E-state index contributed by atoms with van der Waals surface area (Å²) in [4.78, 5) is 24.5. The van der Waals surface area contributed by atoms with Gasteiger partial charge in [0.15, 0.2) is 5.78 Å². The molecular formula is C21H24O2. The van der Waals surface area contributed by atoms with Gasteiger partial charge in [0.25, 0.3) is 0 Å². The van der Waals surface area contributed by atoms with Crippen molar-refractivity contribution in [2.75, 3.05) is 0 Å². The van der Waals surface area contributed by atoms with Crippen LogP contribution in [0.3, 0.4) is 0 Å². The molecule has 0 aliphatic carbocycles. The lowest BCUT2D eigenvalue weighted by atomic mass is 9.91. The average Bonchev–Trinajstić information content (AvgIpc) is 2.55. The zero-order chi connectivity index (χ0) is 16.8. The van der Waals surface area contributed by atoms with Crippen LogP contribution in [0.4, 0.5) is 0 Å². The Balaban J connectivity index is 2.00. The number of hydrogen-bond acceptors (Lipinski definition) is 2. The summed E-state index contributed by atoms with van der Waals surface area (Å²) >= 11 is 0. The van der Waals surface area contributed by atoms with Crippen molar-refractivity contribution in [3.05, 3.63) is 71.3 Å². The van der Waals surface area contributed by atoms with Crippen molar-refractivity contribution in [2.45, 2.75) is 39.5 Å². The van der Waals surface area contributed by atoms with Crippen molar-refractivity contribution >= 4 is 11.6 Å². The molecule has 2 aromatic rings. The highest BCUT2D eigenvalue weighted by Gasteiger charge is 2.19. The molecule has 0 N–H and O–H groups in total. The first-order valence-electron chi connectivity index (χ1n) is 8.17. The van der Waals surface area contributed by atoms with Gasteiger partial charge < -0.3 is 0 Å². The fraction of sp³-hybridized carbons (Fsp3) is 0.333. The summed E-state index contributed by atoms with van der Waals surface area (Å²) in [5.74, 6) is 0.216. The van der Waals surface area contributed by atoms with Gasteiger partial charge in [0, 0.05) is 11.5 Å². The van der Waals surface area contributed by atoms with Crippen LogP contribution in [0.15, 0.2) is 54.6 Å². The largest absolute Gasteiger partial charge is 0.299 e. The third-order valence-electron chi connectivity index (χ3n) is 4.04. The van der Waals surface area contributed by atoms with Crippen molar-refractivity contribution in [1.82, 2.24) is 0 Å². The van der Waals surface area contributed by atoms with E-state index >= 15 is 0 Å². The molecule has 0 saturated carbocycles. The Morgan fingerprint density at radius 1 is 0.870 bits per heavy atom. The lowest BCUT2D eigenvalue weighted by Gasteiger charge is -2.12. The Hall–Kier alpha value is -2.22. The molecule has 0 saturated heterocycles. The van der Waals surface area contributed by atoms with Crippen LogP contribution in [0.1, 0.15) is 54.6 Å². The zero-order valence-corrected chi connectivity index (χ0v) is 14.1. The molecular weight excluding hydrogens is 284 g/mol. The number of carbonyl (C=O) groups is 2. The minimum atomic E-state index is -0.254. The normalized spacial score (nSPS) is 12.2. The van der Waals surface area contributed by atoms with Gasteiger partial charge in [-0.1, -0.05) is 75.4 Å². The maximum absolute atomic E-state index is 12.4. The first-order valence-corrected chi connectivity index (χ1v) is 8.17. The molecule has 0 radical (unpaired) electrons. The standard InChI is InChI=1S/C21H24O2/c1-15(2)13-17-9-11-18(12-10-17)16(3)20(22)14-21(23)19-7-5-4-6-8-19/h4-12,15-16H,13-14H2,1-3H3/t16-/m0/s1. The topological polar surface area (TPSA) is 34.1 Å². The second-order valence-electron chi connectivity index (χ2n) is 6.49. The van der Waals surface area contributed by atoms with Crippen LogP contribution in [0.25, 0.3) is 0 Å². The average molecular weight is 308 g/mol. The number of ketones is 2. The quantitative estimate of drug-likeness (QED) is 0.542. The summed E-state index contributed by atoms with van der Waals surface area (Å²) < 4.78 is 0. The molecule has 0 spiro atoms. The molecule has 0 aliphatic rings. The van der Waals surface area contributed by atoms with Crippen LogP contribution in [0, 0.1) is 5.92 Å². The summed E-state index contributed by atoms with van der Waals surface area (Å²) in [5.41, 5.74) is 2.85. The van der Waals surface area contributed by atoms with Gasteiger partial charge >= 0.3 is 0 Å². The van der Waals surface area contributed by atoms with Crippen molar-refractivity contribution in [3.8, 4) is 0 Å². The number of hydrogen-bond donors (Lipinski definition) is 0. The van der Waals surface area contributed by atoms with E-state index in [1.807, 2.05) is 37.3 Å². The Morgan fingerprint density at radius 2 is 1.48 bits per heavy atom. The van der Waals surface area contributed by atoms with Gasteiger partial charge in [-0.25, -0.2) is 0 Å². The van der Waals surface area contributed by atoms with Crippen LogP contribution in [-0.4, -0.2) is 11.6 Å². The van der Waals surface area contributed by atoms with Crippen LogP contribution >= 0.6 is 0 Å². The van der Waals surface area contributed by atoms with E-state index in [1.165, 1.54) is 5.56 Å². The summed E-state index contributed by atoms with van der Waals surface area (Å²) in [7, 11) is 0. The molecule has 2 heteroatoms. The van der Waals surface area contributed by atoms with Gasteiger partial charge in [0.2, 0.25) is 0 Å². The van der Waals surface area contributed by atoms with Gasteiger partial charge in [0.1, 0.15) is 5.78 Å². The molecule has 0 bridgehead atoms. The Labute approximate surface area is 138 Å². The van der Waals surface area contributed by atoms with E-state index in [0.29, 0.717) is 11.5 Å². The molecule has 0 amide bonds. The van der Waals surface area contributed by atoms with E-state index in [9.17, 15) is 9.59 Å². The number of benzene rings is 2. The van der Waals surface area contributed by atoms with Crippen LogP contribution in [0.2, 0.25) is 0 Å². The van der Waals surface area contributed by atoms with Crippen LogP contribution in [0.5, 0.6) is 0 Å². The minimum Gasteiger partial charge on any atom is -0.299 e. The summed E-state index contributed by atoms with van der Waals surface area (Å²) in [6.45, 7) is 6.25. The van der Waals surface area contributed by atoms with Gasteiger partial charge in [-0.05, 0) is 23.5 Å². The Bertz CT molecular complexity index is 654. The smallest absolute Gasteiger partial charge is 0.170 e. The third-order valence-corrected chi connectivity index (χ3v) is 4.04. The molecule has 0 fully saturated rings. The molecule has 120 valence electrons. The van der Waals surface area contributed by atoms with Gasteiger partial charge in [-0.15, -0.1) is 0 Å². The molecule has 0 unspecified atom stereocenters. The number of Topliss-reactive ketones (excluding diaryl/α,β-unsaturated/α-hetero) is 2. The van der Waals surface area contributed by atoms with E-state index in [0.717, 1.165) is 12.0 Å². The van der Waals surface area contributed by atoms with E-state index in [2.05, 4.69) is 26.0 Å². The number of carbonyl (C=O) groups excluding carboxylic acids is 2. The van der Waals surface area contributed by atoms with Gasteiger partial charge in [-0.2, -0.15) is 0 Å². The third kappa shape index (κ3) is 4.88.